The quantitative estimate of drug-likeness (QED) is 0.0222. The first-order chi connectivity index (χ1) is 47.2. The maximum Gasteiger partial charge on any atom is 0.472 e. The number of phosphoric acid groups is 2. The Balaban J connectivity index is 5.24. The summed E-state index contributed by atoms with van der Waals surface area (Å²) in [6.07, 6.45) is 56.8. The standard InChI is InChI=1S/C79H154O17P2/c1-8-9-10-11-12-13-14-26-32-41-48-55-62-78(83)96-75(67-90-77(82)61-54-47-40-35-34-38-45-52-59-72(6)7)69-94-98(87,88)92-65-73(80)64-91-97(85,86)93-68-74(66-89-76(81)60-53-46-39-31-27-23-19-21-25-30-37-44-51-58-71(4)5)95-79(84)63-56-49-42-33-28-22-18-16-15-17-20-24-29-36-43-50-57-70(2)3/h70-75,80H,8-69H2,1-7H3,(H,85,86)(H,87,88)/t73-,74-,75-/m1/s1. The average Bonchev–Trinajstić information content (AvgIpc) is 1.56. The lowest BCUT2D eigenvalue weighted by molar-refractivity contribution is -0.161. The average molecular weight is 1440 g/mol. The van der Waals surface area contributed by atoms with Crippen LogP contribution in [0.3, 0.4) is 0 Å². The lowest BCUT2D eigenvalue weighted by Crippen LogP contribution is -2.30. The molecule has 0 heterocycles. The van der Waals surface area contributed by atoms with Crippen LogP contribution in [0.2, 0.25) is 0 Å². The first kappa shape index (κ1) is 96.1. The zero-order valence-electron chi connectivity index (χ0n) is 64.3. The molecule has 0 amide bonds. The Hall–Kier alpha value is -1.94. The van der Waals surface area contributed by atoms with Gasteiger partial charge in [-0.05, 0) is 43.4 Å². The van der Waals surface area contributed by atoms with Crippen LogP contribution in [-0.2, 0) is 65.4 Å². The minimum Gasteiger partial charge on any atom is -0.462 e. The highest BCUT2D eigenvalue weighted by atomic mass is 31.2. The molecule has 0 aromatic heterocycles. The summed E-state index contributed by atoms with van der Waals surface area (Å²) >= 11 is 0. The Kier molecular flexibility index (Phi) is 68.1. The van der Waals surface area contributed by atoms with Gasteiger partial charge in [-0.1, -0.05) is 357 Å². The fraction of sp³-hybridized carbons (Fsp3) is 0.949. The third-order valence-corrected chi connectivity index (χ3v) is 20.3. The summed E-state index contributed by atoms with van der Waals surface area (Å²) in [5, 5.41) is 10.6. The van der Waals surface area contributed by atoms with Crippen molar-refractivity contribution in [3.05, 3.63) is 0 Å². The molecule has 3 N–H and O–H groups in total. The van der Waals surface area contributed by atoms with Crippen LogP contribution < -0.4 is 0 Å². The summed E-state index contributed by atoms with van der Waals surface area (Å²) in [7, 11) is -9.92. The van der Waals surface area contributed by atoms with Crippen LogP contribution in [0.25, 0.3) is 0 Å². The van der Waals surface area contributed by atoms with Gasteiger partial charge in [0.2, 0.25) is 0 Å². The molecule has 17 nitrogen and oxygen atoms in total. The summed E-state index contributed by atoms with van der Waals surface area (Å²) in [5.74, 6) is 0.214. The number of ether oxygens (including phenoxy) is 4. The molecule has 98 heavy (non-hydrogen) atoms. The number of esters is 4. The van der Waals surface area contributed by atoms with E-state index >= 15 is 0 Å². The van der Waals surface area contributed by atoms with Crippen LogP contribution in [0, 0.1) is 17.8 Å². The normalized spacial score (nSPS) is 14.0. The van der Waals surface area contributed by atoms with Crippen LogP contribution in [0.15, 0.2) is 0 Å². The lowest BCUT2D eigenvalue weighted by Gasteiger charge is -2.21. The van der Waals surface area contributed by atoms with E-state index in [2.05, 4.69) is 48.5 Å². The predicted molar refractivity (Wildman–Crippen MR) is 400 cm³/mol. The first-order valence-corrected chi connectivity index (χ1v) is 43.8. The summed E-state index contributed by atoms with van der Waals surface area (Å²) in [4.78, 5) is 72.9. The molecule has 0 radical (unpaired) electrons. The van der Waals surface area contributed by atoms with Crippen molar-refractivity contribution in [3.8, 4) is 0 Å². The van der Waals surface area contributed by atoms with Crippen LogP contribution in [0.4, 0.5) is 0 Å². The molecule has 0 saturated heterocycles. The van der Waals surface area contributed by atoms with Gasteiger partial charge in [-0.2, -0.15) is 0 Å². The van der Waals surface area contributed by atoms with E-state index in [1.54, 1.807) is 0 Å². The molecule has 0 saturated carbocycles. The van der Waals surface area contributed by atoms with E-state index in [9.17, 15) is 43.2 Å². The first-order valence-electron chi connectivity index (χ1n) is 40.8. The zero-order valence-corrected chi connectivity index (χ0v) is 66.0. The van der Waals surface area contributed by atoms with Crippen LogP contribution >= 0.6 is 15.6 Å². The Labute approximate surface area is 600 Å². The zero-order chi connectivity index (χ0) is 72.3. The number of hydrogen-bond donors (Lipinski definition) is 3. The predicted octanol–water partition coefficient (Wildman–Crippen LogP) is 23.4. The number of aliphatic hydroxyl groups is 1. The fourth-order valence-electron chi connectivity index (χ4n) is 12.1. The molecule has 0 bridgehead atoms. The van der Waals surface area contributed by atoms with Crippen molar-refractivity contribution in [2.75, 3.05) is 39.6 Å². The molecule has 582 valence electrons. The van der Waals surface area contributed by atoms with Gasteiger partial charge in [-0.3, -0.25) is 37.3 Å². The van der Waals surface area contributed by atoms with Gasteiger partial charge in [-0.15, -0.1) is 0 Å². The molecule has 0 spiro atoms. The SMILES string of the molecule is CCCCCCCCCCCCCCC(=O)O[C@H](COC(=O)CCCCCCCCCCC(C)C)COP(=O)(O)OC[C@H](O)COP(=O)(O)OC[C@@H](COC(=O)CCCCCCCCCCCCCCCC(C)C)OC(=O)CCCCCCCCCCCCCCCCCCC(C)C. The topological polar surface area (TPSA) is 237 Å². The molecule has 2 unspecified atom stereocenters. The van der Waals surface area contributed by atoms with Gasteiger partial charge < -0.3 is 33.8 Å². The Morgan fingerprint density at radius 1 is 0.276 bits per heavy atom. The van der Waals surface area contributed by atoms with Gasteiger partial charge in [-0.25, -0.2) is 9.13 Å². The van der Waals surface area contributed by atoms with Gasteiger partial charge in [0.25, 0.3) is 0 Å². The van der Waals surface area contributed by atoms with Crippen molar-refractivity contribution < 1.29 is 80.2 Å². The van der Waals surface area contributed by atoms with Crippen molar-refractivity contribution in [3.63, 3.8) is 0 Å². The second-order valence-corrected chi connectivity index (χ2v) is 32.8. The van der Waals surface area contributed by atoms with Crippen molar-refractivity contribution in [1.29, 1.82) is 0 Å². The highest BCUT2D eigenvalue weighted by Crippen LogP contribution is 2.45. The fourth-order valence-corrected chi connectivity index (χ4v) is 13.7. The smallest absolute Gasteiger partial charge is 0.462 e. The maximum absolute atomic E-state index is 13.1. The minimum atomic E-state index is -4.96. The molecule has 0 aliphatic heterocycles. The molecule has 0 aliphatic carbocycles. The van der Waals surface area contributed by atoms with Crippen LogP contribution in [0.5, 0.6) is 0 Å². The summed E-state index contributed by atoms with van der Waals surface area (Å²) < 4.78 is 68.6. The number of hydrogen-bond acceptors (Lipinski definition) is 15. The Morgan fingerprint density at radius 2 is 0.469 bits per heavy atom. The largest absolute Gasteiger partial charge is 0.472 e. The molecule has 0 aromatic rings. The molecule has 19 heteroatoms. The summed E-state index contributed by atoms with van der Waals surface area (Å²) in [6.45, 7) is 11.9. The maximum atomic E-state index is 13.1. The molecule has 0 fully saturated rings. The number of rotatable bonds is 77. The van der Waals surface area contributed by atoms with E-state index < -0.39 is 97.5 Å². The number of phosphoric ester groups is 2. The molecular formula is C79H154O17P2. The van der Waals surface area contributed by atoms with E-state index in [-0.39, 0.29) is 25.7 Å². The summed E-state index contributed by atoms with van der Waals surface area (Å²) in [6, 6.07) is 0. The Bertz CT molecular complexity index is 1900. The van der Waals surface area contributed by atoms with E-state index in [0.29, 0.717) is 25.7 Å². The van der Waals surface area contributed by atoms with Crippen molar-refractivity contribution in [2.24, 2.45) is 17.8 Å². The third-order valence-electron chi connectivity index (χ3n) is 18.4. The molecule has 0 rings (SSSR count). The minimum absolute atomic E-state index is 0.107. The van der Waals surface area contributed by atoms with Gasteiger partial charge in [0.1, 0.15) is 19.3 Å². The third kappa shape index (κ3) is 72.4. The van der Waals surface area contributed by atoms with Gasteiger partial charge >= 0.3 is 39.5 Å². The van der Waals surface area contributed by atoms with Crippen molar-refractivity contribution in [1.82, 2.24) is 0 Å². The highest BCUT2D eigenvalue weighted by molar-refractivity contribution is 7.47. The van der Waals surface area contributed by atoms with E-state index in [1.165, 1.54) is 218 Å². The number of carbonyl (C=O) groups excluding carboxylic acids is 4. The molecule has 0 aliphatic rings. The number of unbranched alkanes of at least 4 members (excludes halogenated alkanes) is 45. The molecular weight excluding hydrogens is 1280 g/mol. The van der Waals surface area contributed by atoms with Crippen LogP contribution in [0.1, 0.15) is 408 Å². The van der Waals surface area contributed by atoms with E-state index in [0.717, 1.165) is 108 Å². The van der Waals surface area contributed by atoms with Gasteiger partial charge in [0, 0.05) is 25.7 Å². The van der Waals surface area contributed by atoms with Crippen molar-refractivity contribution >= 4 is 39.5 Å². The number of carbonyl (C=O) groups is 4. The van der Waals surface area contributed by atoms with E-state index in [4.69, 9.17) is 37.0 Å². The van der Waals surface area contributed by atoms with Crippen LogP contribution in [-0.4, -0.2) is 96.7 Å². The molecule has 5 atom stereocenters. The second kappa shape index (κ2) is 69.4. The highest BCUT2D eigenvalue weighted by Gasteiger charge is 2.30. The number of aliphatic hydroxyl groups excluding tert-OH is 1. The second-order valence-electron chi connectivity index (χ2n) is 29.9. The van der Waals surface area contributed by atoms with Gasteiger partial charge in [0.15, 0.2) is 12.2 Å². The van der Waals surface area contributed by atoms with E-state index in [1.807, 2.05) is 0 Å². The van der Waals surface area contributed by atoms with Gasteiger partial charge in [0.05, 0.1) is 26.4 Å². The Morgan fingerprint density at radius 3 is 0.694 bits per heavy atom. The molecule has 0 aromatic carbocycles. The lowest BCUT2D eigenvalue weighted by atomic mass is 10.0. The summed E-state index contributed by atoms with van der Waals surface area (Å²) in [5.41, 5.74) is 0. The van der Waals surface area contributed by atoms with Crippen molar-refractivity contribution in [2.45, 2.75) is 426 Å². The monoisotopic (exact) mass is 1440 g/mol.